The van der Waals surface area contributed by atoms with Crippen molar-refractivity contribution in [3.63, 3.8) is 0 Å². The normalized spacial score (nSPS) is 34.5. The molecule has 9 heteroatoms. The van der Waals surface area contributed by atoms with Gasteiger partial charge in [-0.15, -0.1) is 0 Å². The summed E-state index contributed by atoms with van der Waals surface area (Å²) in [6.45, 7) is 1.45. The Hall–Kier alpha value is -1.44. The van der Waals surface area contributed by atoms with Crippen molar-refractivity contribution in [1.29, 1.82) is 0 Å². The Kier molecular flexibility index (Phi) is 6.47. The Morgan fingerprint density at radius 1 is 1.12 bits per heavy atom. The number of alkyl halides is 1. The van der Waals surface area contributed by atoms with Crippen molar-refractivity contribution in [2.45, 2.75) is 75.7 Å². The Morgan fingerprint density at radius 2 is 1.78 bits per heavy atom. The van der Waals surface area contributed by atoms with Crippen LogP contribution in [0, 0.1) is 17.2 Å². The highest BCUT2D eigenvalue weighted by Crippen LogP contribution is 2.64. The zero-order valence-electron chi connectivity index (χ0n) is 18.2. The lowest BCUT2D eigenvalue weighted by atomic mass is 9.74. The lowest BCUT2D eigenvalue weighted by Crippen LogP contribution is -2.44. The standard InChI is InChI=1S/C23H29Cl2F2N3O2/c1-12(31)29-17-10-13(9-16(17)28-2)21(32)30-20(18-15(26)4-3-14(24)19(18)25)22-5-7-23(27,11-22)8-6-22/h3-4,13,16-17,20,28H,5-11H2,1-2H3,(H,29,31)(H,30,32)/t13-,16-,17+,20?,22?,23?/m1/s1. The molecule has 32 heavy (non-hydrogen) atoms. The van der Waals surface area contributed by atoms with E-state index < -0.39 is 22.9 Å². The predicted octanol–water partition coefficient (Wildman–Crippen LogP) is 4.46. The SMILES string of the molecule is CN[C@@H]1C[C@@H](C(=O)NC(c2c(F)ccc(Cl)c2Cl)C23CCC(F)(CC2)C3)C[C@@H]1NC(C)=O. The summed E-state index contributed by atoms with van der Waals surface area (Å²) in [6.07, 6.45) is 3.17. The van der Waals surface area contributed by atoms with Crippen LogP contribution in [0.1, 0.15) is 63.5 Å². The van der Waals surface area contributed by atoms with Gasteiger partial charge >= 0.3 is 0 Å². The third kappa shape index (κ3) is 4.24. The second-order valence-corrected chi connectivity index (χ2v) is 10.5. The number of fused-ring (bicyclic) bond motifs is 2. The molecule has 2 bridgehead atoms. The summed E-state index contributed by atoms with van der Waals surface area (Å²) in [4.78, 5) is 24.9. The summed E-state index contributed by atoms with van der Waals surface area (Å²) in [5.41, 5.74) is -1.73. The predicted molar refractivity (Wildman–Crippen MR) is 120 cm³/mol. The van der Waals surface area contributed by atoms with E-state index in [0.29, 0.717) is 38.5 Å². The van der Waals surface area contributed by atoms with Crippen LogP contribution < -0.4 is 16.0 Å². The maximum Gasteiger partial charge on any atom is 0.223 e. The first-order valence-corrected chi connectivity index (χ1v) is 11.9. The third-order valence-corrected chi connectivity index (χ3v) is 8.59. The van der Waals surface area contributed by atoms with E-state index in [1.54, 1.807) is 7.05 Å². The number of rotatable bonds is 6. The van der Waals surface area contributed by atoms with E-state index in [1.807, 2.05) is 0 Å². The van der Waals surface area contributed by atoms with Crippen LogP contribution in [0.3, 0.4) is 0 Å². The third-order valence-electron chi connectivity index (χ3n) is 7.77. The molecule has 2 amide bonds. The van der Waals surface area contributed by atoms with E-state index in [2.05, 4.69) is 16.0 Å². The van der Waals surface area contributed by atoms with Crippen molar-refractivity contribution < 1.29 is 18.4 Å². The summed E-state index contributed by atoms with van der Waals surface area (Å²) in [6, 6.07) is 1.64. The smallest absolute Gasteiger partial charge is 0.223 e. The van der Waals surface area contributed by atoms with Crippen molar-refractivity contribution in [1.82, 2.24) is 16.0 Å². The summed E-state index contributed by atoms with van der Waals surface area (Å²) in [5, 5.41) is 9.36. The molecule has 176 valence electrons. The summed E-state index contributed by atoms with van der Waals surface area (Å²) in [5.74, 6) is -1.33. The van der Waals surface area contributed by atoms with E-state index in [4.69, 9.17) is 23.2 Å². The van der Waals surface area contributed by atoms with Gasteiger partial charge in [-0.05, 0) is 69.5 Å². The topological polar surface area (TPSA) is 70.2 Å². The maximum absolute atomic E-state index is 15.1. The van der Waals surface area contributed by atoms with Crippen molar-refractivity contribution in [2.24, 2.45) is 11.3 Å². The molecule has 4 atom stereocenters. The van der Waals surface area contributed by atoms with Crippen LogP contribution >= 0.6 is 23.2 Å². The highest BCUT2D eigenvalue weighted by Gasteiger charge is 2.59. The Bertz CT molecular complexity index is 921. The molecule has 1 unspecified atom stereocenters. The minimum Gasteiger partial charge on any atom is -0.352 e. The molecule has 4 rings (SSSR count). The van der Waals surface area contributed by atoms with Crippen molar-refractivity contribution in [2.75, 3.05) is 7.05 Å². The van der Waals surface area contributed by atoms with Gasteiger partial charge in [0.15, 0.2) is 0 Å². The Balaban J connectivity index is 1.63. The summed E-state index contributed by atoms with van der Waals surface area (Å²) >= 11 is 12.6. The average molecular weight is 488 g/mol. The number of carbonyl (C=O) groups excluding carboxylic acids is 2. The first kappa shape index (κ1) is 23.7. The van der Waals surface area contributed by atoms with Gasteiger partial charge in [0, 0.05) is 30.5 Å². The molecular weight excluding hydrogens is 459 g/mol. The van der Waals surface area contributed by atoms with Gasteiger partial charge in [-0.2, -0.15) is 0 Å². The second-order valence-electron chi connectivity index (χ2n) is 9.76. The molecule has 3 fully saturated rings. The molecule has 1 aromatic rings. The van der Waals surface area contributed by atoms with Crippen molar-refractivity contribution in [3.8, 4) is 0 Å². The van der Waals surface area contributed by atoms with Gasteiger partial charge in [-0.1, -0.05) is 23.2 Å². The Morgan fingerprint density at radius 3 is 2.34 bits per heavy atom. The first-order valence-electron chi connectivity index (χ1n) is 11.1. The van der Waals surface area contributed by atoms with Crippen LogP contribution in [-0.4, -0.2) is 36.6 Å². The van der Waals surface area contributed by atoms with Gasteiger partial charge in [0.05, 0.1) is 16.1 Å². The van der Waals surface area contributed by atoms with E-state index >= 15 is 8.78 Å². The quantitative estimate of drug-likeness (QED) is 0.518. The monoisotopic (exact) mass is 487 g/mol. The fourth-order valence-electron chi connectivity index (χ4n) is 6.16. The molecule has 0 heterocycles. The second kappa shape index (κ2) is 8.73. The average Bonchev–Trinajstić information content (AvgIpc) is 3.40. The molecule has 3 aliphatic rings. The zero-order valence-corrected chi connectivity index (χ0v) is 19.8. The van der Waals surface area contributed by atoms with Gasteiger partial charge in [-0.25, -0.2) is 8.78 Å². The number of likely N-dealkylation sites (N-methyl/N-ethyl adjacent to an activating group) is 1. The molecule has 5 nitrogen and oxygen atoms in total. The minimum absolute atomic E-state index is 0.0470. The minimum atomic E-state index is -1.27. The van der Waals surface area contributed by atoms with E-state index in [1.165, 1.54) is 19.1 Å². The van der Waals surface area contributed by atoms with Gasteiger partial charge in [0.2, 0.25) is 11.8 Å². The number of halogens is 4. The first-order chi connectivity index (χ1) is 15.1. The van der Waals surface area contributed by atoms with Crippen molar-refractivity contribution >= 4 is 35.0 Å². The maximum atomic E-state index is 15.1. The van der Waals surface area contributed by atoms with Crippen LogP contribution in [0.5, 0.6) is 0 Å². The molecule has 0 aromatic heterocycles. The van der Waals surface area contributed by atoms with Crippen LogP contribution in [0.25, 0.3) is 0 Å². The van der Waals surface area contributed by atoms with E-state index in [9.17, 15) is 9.59 Å². The molecule has 0 aliphatic heterocycles. The zero-order chi connectivity index (χ0) is 23.3. The molecule has 0 saturated heterocycles. The van der Waals surface area contributed by atoms with Crippen LogP contribution in [0.4, 0.5) is 8.78 Å². The number of amides is 2. The highest BCUT2D eigenvalue weighted by atomic mass is 35.5. The number of benzene rings is 1. The van der Waals surface area contributed by atoms with Crippen molar-refractivity contribution in [3.05, 3.63) is 33.6 Å². The van der Waals surface area contributed by atoms with Gasteiger partial charge in [0.25, 0.3) is 0 Å². The molecule has 0 spiro atoms. The Labute approximate surface area is 197 Å². The van der Waals surface area contributed by atoms with Crippen LogP contribution in [0.15, 0.2) is 12.1 Å². The molecule has 0 radical (unpaired) electrons. The summed E-state index contributed by atoms with van der Waals surface area (Å²) in [7, 11) is 1.79. The fraction of sp³-hybridized carbons (Fsp3) is 0.652. The number of hydrogen-bond acceptors (Lipinski definition) is 3. The fourth-order valence-corrected chi connectivity index (χ4v) is 6.59. The molecule has 3 aliphatic carbocycles. The number of carbonyl (C=O) groups is 2. The van der Waals surface area contributed by atoms with E-state index in [-0.39, 0.29) is 51.8 Å². The van der Waals surface area contributed by atoms with Crippen LogP contribution in [-0.2, 0) is 9.59 Å². The van der Waals surface area contributed by atoms with Gasteiger partial charge in [-0.3, -0.25) is 9.59 Å². The lowest BCUT2D eigenvalue weighted by molar-refractivity contribution is -0.127. The largest absolute Gasteiger partial charge is 0.352 e. The number of hydrogen-bond donors (Lipinski definition) is 3. The van der Waals surface area contributed by atoms with Gasteiger partial charge < -0.3 is 16.0 Å². The van der Waals surface area contributed by atoms with E-state index in [0.717, 1.165) is 0 Å². The van der Waals surface area contributed by atoms with Gasteiger partial charge in [0.1, 0.15) is 11.5 Å². The highest BCUT2D eigenvalue weighted by molar-refractivity contribution is 6.42. The van der Waals surface area contributed by atoms with Crippen LogP contribution in [0.2, 0.25) is 10.0 Å². The summed E-state index contributed by atoms with van der Waals surface area (Å²) < 4.78 is 30.1. The molecular formula is C23H29Cl2F2N3O2. The molecule has 3 saturated carbocycles. The lowest BCUT2D eigenvalue weighted by Gasteiger charge is -2.38. The molecule has 3 N–H and O–H groups in total. The molecule has 1 aromatic carbocycles. The number of nitrogens with one attached hydrogen (secondary N) is 3.